The van der Waals surface area contributed by atoms with Gasteiger partial charge in [0.2, 0.25) is 0 Å². The first-order valence-corrected chi connectivity index (χ1v) is 8.85. The molecular weight excluding hydrogens is 346 g/mol. The van der Waals surface area contributed by atoms with Gasteiger partial charge in [-0.05, 0) is 44.0 Å². The van der Waals surface area contributed by atoms with Gasteiger partial charge in [-0.25, -0.2) is 0 Å². The van der Waals surface area contributed by atoms with Crippen LogP contribution in [0.15, 0.2) is 41.7 Å². The molecule has 1 aromatic carbocycles. The van der Waals surface area contributed by atoms with Crippen molar-refractivity contribution in [2.75, 3.05) is 27.9 Å². The number of hydrogen-bond acceptors (Lipinski definition) is 6. The van der Waals surface area contributed by atoms with E-state index in [0.29, 0.717) is 12.1 Å². The number of benzene rings is 1. The second kappa shape index (κ2) is 9.26. The lowest BCUT2D eigenvalue weighted by molar-refractivity contribution is -0.141. The van der Waals surface area contributed by atoms with Crippen LogP contribution in [0.3, 0.4) is 0 Å². The molecule has 0 spiro atoms. The minimum Gasteiger partial charge on any atom is -0.497 e. The molecule has 1 aromatic rings. The van der Waals surface area contributed by atoms with E-state index >= 15 is 0 Å². The van der Waals surface area contributed by atoms with Crippen molar-refractivity contribution >= 4 is 11.8 Å². The van der Waals surface area contributed by atoms with Crippen molar-refractivity contribution in [2.45, 2.75) is 26.7 Å². The maximum absolute atomic E-state index is 12.2. The monoisotopic (exact) mass is 373 g/mol. The van der Waals surface area contributed by atoms with Crippen molar-refractivity contribution in [3.8, 4) is 11.5 Å². The van der Waals surface area contributed by atoms with Gasteiger partial charge in [0.25, 0.3) is 0 Å². The number of allylic oxidation sites excluding steroid dienone is 3. The summed E-state index contributed by atoms with van der Waals surface area (Å²) in [5.74, 6) is 0.960. The van der Waals surface area contributed by atoms with Gasteiger partial charge < -0.3 is 19.1 Å². The van der Waals surface area contributed by atoms with E-state index in [9.17, 15) is 9.59 Å². The summed E-state index contributed by atoms with van der Waals surface area (Å²) in [5, 5.41) is 0. The lowest BCUT2D eigenvalue weighted by Gasteiger charge is -2.31. The third kappa shape index (κ3) is 4.90. The van der Waals surface area contributed by atoms with Gasteiger partial charge in [-0.15, -0.1) is 0 Å². The number of methoxy groups -OCH3 is 3. The highest BCUT2D eigenvalue weighted by molar-refractivity contribution is 5.95. The maximum Gasteiger partial charge on any atom is 0.306 e. The number of ketones is 1. The summed E-state index contributed by atoms with van der Waals surface area (Å²) in [6.45, 7) is 4.12. The first kappa shape index (κ1) is 20.6. The van der Waals surface area contributed by atoms with Crippen LogP contribution >= 0.6 is 0 Å². The molecule has 6 nitrogen and oxygen atoms in total. The summed E-state index contributed by atoms with van der Waals surface area (Å²) in [4.78, 5) is 25.9. The van der Waals surface area contributed by atoms with Gasteiger partial charge >= 0.3 is 5.97 Å². The highest BCUT2D eigenvalue weighted by atomic mass is 16.5. The summed E-state index contributed by atoms with van der Waals surface area (Å²) in [7, 11) is 4.63. The highest BCUT2D eigenvalue weighted by Gasteiger charge is 2.27. The summed E-state index contributed by atoms with van der Waals surface area (Å²) in [6, 6.07) is 5.70. The standard InChI is InChI=1S/C21H27NO5/c1-14-21(15(2)23)17(13-20(24)27-5)9-11-22(14)10-8-16-12-18(25-3)6-7-19(16)26-4/h6-7,9,11-12,17H,8,10,13H2,1-5H3. The molecule has 1 aliphatic heterocycles. The van der Waals surface area contributed by atoms with E-state index in [-0.39, 0.29) is 24.1 Å². The Morgan fingerprint density at radius 2 is 1.89 bits per heavy atom. The average molecular weight is 373 g/mol. The maximum atomic E-state index is 12.2. The first-order chi connectivity index (χ1) is 12.9. The Morgan fingerprint density at radius 1 is 1.15 bits per heavy atom. The fourth-order valence-electron chi connectivity index (χ4n) is 3.35. The molecule has 1 heterocycles. The molecule has 0 saturated carbocycles. The van der Waals surface area contributed by atoms with Crippen LogP contribution in [0.1, 0.15) is 25.8 Å². The fraction of sp³-hybridized carbons (Fsp3) is 0.429. The minimum absolute atomic E-state index is 0.0327. The van der Waals surface area contributed by atoms with Gasteiger partial charge in [0.1, 0.15) is 11.5 Å². The van der Waals surface area contributed by atoms with Crippen molar-refractivity contribution in [3.05, 3.63) is 47.3 Å². The van der Waals surface area contributed by atoms with Crippen LogP contribution in [-0.4, -0.2) is 44.5 Å². The van der Waals surface area contributed by atoms with E-state index in [4.69, 9.17) is 14.2 Å². The zero-order valence-corrected chi connectivity index (χ0v) is 16.6. The second-order valence-corrected chi connectivity index (χ2v) is 6.40. The Hall–Kier alpha value is -2.76. The zero-order chi connectivity index (χ0) is 20.0. The molecule has 0 fully saturated rings. The second-order valence-electron chi connectivity index (χ2n) is 6.40. The largest absolute Gasteiger partial charge is 0.497 e. The molecule has 1 aliphatic rings. The smallest absolute Gasteiger partial charge is 0.306 e. The van der Waals surface area contributed by atoms with Crippen molar-refractivity contribution in [1.82, 2.24) is 4.90 Å². The molecule has 0 aliphatic carbocycles. The van der Waals surface area contributed by atoms with Crippen LogP contribution in [0.5, 0.6) is 11.5 Å². The Morgan fingerprint density at radius 3 is 2.48 bits per heavy atom. The van der Waals surface area contributed by atoms with Gasteiger partial charge in [-0.1, -0.05) is 6.08 Å². The quantitative estimate of drug-likeness (QED) is 0.653. The van der Waals surface area contributed by atoms with Crippen LogP contribution in [0.2, 0.25) is 0 Å². The molecule has 146 valence electrons. The van der Waals surface area contributed by atoms with Crippen molar-refractivity contribution in [2.24, 2.45) is 5.92 Å². The van der Waals surface area contributed by atoms with Crippen molar-refractivity contribution in [3.63, 3.8) is 0 Å². The van der Waals surface area contributed by atoms with E-state index in [1.807, 2.05) is 42.3 Å². The van der Waals surface area contributed by atoms with Crippen LogP contribution in [0, 0.1) is 5.92 Å². The normalized spacial score (nSPS) is 16.3. The van der Waals surface area contributed by atoms with Gasteiger partial charge in [0.05, 0.1) is 27.8 Å². The minimum atomic E-state index is -0.328. The number of rotatable bonds is 8. The van der Waals surface area contributed by atoms with E-state index in [0.717, 1.165) is 29.2 Å². The Balaban J connectivity index is 2.19. The summed E-state index contributed by atoms with van der Waals surface area (Å²) >= 11 is 0. The summed E-state index contributed by atoms with van der Waals surface area (Å²) in [6.07, 6.45) is 4.71. The van der Waals surface area contributed by atoms with Crippen LogP contribution < -0.4 is 9.47 Å². The van der Waals surface area contributed by atoms with E-state index in [2.05, 4.69) is 0 Å². The molecule has 0 amide bonds. The number of ether oxygens (including phenoxy) is 3. The molecule has 1 unspecified atom stereocenters. The first-order valence-electron chi connectivity index (χ1n) is 8.85. The Bertz CT molecular complexity index is 766. The molecule has 0 bridgehead atoms. The molecule has 0 saturated heterocycles. The predicted molar refractivity (Wildman–Crippen MR) is 103 cm³/mol. The highest BCUT2D eigenvalue weighted by Crippen LogP contribution is 2.30. The molecule has 6 heteroatoms. The van der Waals surface area contributed by atoms with Crippen molar-refractivity contribution < 1.29 is 23.8 Å². The van der Waals surface area contributed by atoms with E-state index in [1.54, 1.807) is 14.2 Å². The van der Waals surface area contributed by atoms with E-state index < -0.39 is 0 Å². The van der Waals surface area contributed by atoms with Gasteiger partial charge in [0.15, 0.2) is 5.78 Å². The third-order valence-electron chi connectivity index (χ3n) is 4.79. The lowest BCUT2D eigenvalue weighted by Crippen LogP contribution is -2.28. The molecule has 27 heavy (non-hydrogen) atoms. The molecular formula is C21H27NO5. The number of Topliss-reactive ketones (excluding diaryl/α,β-unsaturated/α-hetero) is 1. The molecule has 0 aromatic heterocycles. The lowest BCUT2D eigenvalue weighted by atomic mass is 9.88. The number of esters is 1. The van der Waals surface area contributed by atoms with Gasteiger partial charge in [-0.2, -0.15) is 0 Å². The summed E-state index contributed by atoms with van der Waals surface area (Å²) in [5.41, 5.74) is 2.54. The molecule has 0 N–H and O–H groups in total. The molecule has 2 rings (SSSR count). The fourth-order valence-corrected chi connectivity index (χ4v) is 3.35. The molecule has 1 atom stereocenters. The van der Waals surface area contributed by atoms with Crippen LogP contribution in [-0.2, 0) is 20.7 Å². The number of carbonyl (C=O) groups is 2. The van der Waals surface area contributed by atoms with Crippen molar-refractivity contribution in [1.29, 1.82) is 0 Å². The third-order valence-corrected chi connectivity index (χ3v) is 4.79. The Kier molecular flexibility index (Phi) is 7.05. The van der Waals surface area contributed by atoms with Crippen LogP contribution in [0.4, 0.5) is 0 Å². The SMILES string of the molecule is COC(=O)CC1C=CN(CCc2cc(OC)ccc2OC)C(C)=C1C(C)=O. The predicted octanol–water partition coefficient (Wildman–Crippen LogP) is 3.12. The molecule has 0 radical (unpaired) electrons. The number of hydrogen-bond donors (Lipinski definition) is 0. The summed E-state index contributed by atoms with van der Waals surface area (Å²) < 4.78 is 15.5. The number of carbonyl (C=O) groups excluding carboxylic acids is 2. The Labute approximate surface area is 160 Å². The zero-order valence-electron chi connectivity index (χ0n) is 16.6. The topological polar surface area (TPSA) is 65.1 Å². The van der Waals surface area contributed by atoms with E-state index in [1.165, 1.54) is 14.0 Å². The van der Waals surface area contributed by atoms with Gasteiger partial charge in [-0.3, -0.25) is 9.59 Å². The van der Waals surface area contributed by atoms with Gasteiger partial charge in [0, 0.05) is 29.9 Å². The number of nitrogens with zero attached hydrogens (tertiary/aromatic N) is 1. The van der Waals surface area contributed by atoms with Crippen LogP contribution in [0.25, 0.3) is 0 Å². The average Bonchev–Trinajstić information content (AvgIpc) is 2.66.